The molecule has 3 aliphatic rings. The zero-order valence-electron chi connectivity index (χ0n) is 58.9. The first-order chi connectivity index (χ1) is 43.9. The van der Waals surface area contributed by atoms with Crippen molar-refractivity contribution < 1.29 is 19.1 Å². The molecule has 3 unspecified atom stereocenters. The predicted molar refractivity (Wildman–Crippen MR) is 415 cm³/mol. The molecule has 0 bridgehead atoms. The Kier molecular flexibility index (Phi) is 41.2. The van der Waals surface area contributed by atoms with Gasteiger partial charge in [-0.3, -0.25) is 29.7 Å². The molecular weight excluding hydrogens is 1340 g/mol. The molecule has 0 aromatic carbocycles. The lowest BCUT2D eigenvalue weighted by atomic mass is 9.91. The van der Waals surface area contributed by atoms with Gasteiger partial charge in [-0.1, -0.05) is 40.5 Å². The van der Waals surface area contributed by atoms with Gasteiger partial charge in [0.1, 0.15) is 28.7 Å². The van der Waals surface area contributed by atoms with Gasteiger partial charge in [0.15, 0.2) is 0 Å². The number of rotatable bonds is 23. The van der Waals surface area contributed by atoms with Crippen LogP contribution in [0.25, 0.3) is 0 Å². The van der Waals surface area contributed by atoms with Gasteiger partial charge in [0.25, 0.3) is 0 Å². The van der Waals surface area contributed by atoms with E-state index in [2.05, 4.69) is 116 Å². The number of nitrogens with one attached hydrogen (secondary N) is 5. The molecule has 9 rings (SSSR count). The van der Waals surface area contributed by atoms with Gasteiger partial charge in [-0.2, -0.15) is 15.0 Å². The summed E-state index contributed by atoms with van der Waals surface area (Å²) in [6.45, 7) is 16.4. The lowest BCUT2D eigenvalue weighted by molar-refractivity contribution is 0.0518. The lowest BCUT2D eigenvalue weighted by Crippen LogP contribution is -2.35. The molecule has 0 aliphatic heterocycles. The number of alkyl carbamates (subject to hydrolysis) is 2. The Morgan fingerprint density at radius 3 is 1.00 bits per heavy atom. The molecule has 6 aromatic heterocycles. The Morgan fingerprint density at radius 2 is 0.737 bits per heavy atom. The van der Waals surface area contributed by atoms with Crippen molar-refractivity contribution in [3.8, 4) is 0 Å². The van der Waals surface area contributed by atoms with Crippen molar-refractivity contribution in [2.75, 3.05) is 133 Å². The summed E-state index contributed by atoms with van der Waals surface area (Å²) in [7, 11) is 18.0. The Labute approximate surface area is 616 Å². The fourth-order valence-electron chi connectivity index (χ4n) is 11.3. The van der Waals surface area contributed by atoms with Crippen LogP contribution in [0.3, 0.4) is 0 Å². The van der Waals surface area contributed by atoms with Crippen LogP contribution in [0.2, 0.25) is 0 Å². The van der Waals surface area contributed by atoms with E-state index in [4.69, 9.17) is 25.2 Å². The molecule has 0 saturated heterocycles. The minimum Gasteiger partial charge on any atom is -0.444 e. The van der Waals surface area contributed by atoms with Gasteiger partial charge in [0.2, 0.25) is 17.8 Å². The average Bonchev–Trinajstić information content (AvgIpc) is 0.820. The van der Waals surface area contributed by atoms with E-state index < -0.39 is 23.4 Å². The van der Waals surface area contributed by atoms with Crippen LogP contribution in [-0.2, 0) is 48.4 Å². The predicted octanol–water partition coefficient (Wildman–Crippen LogP) is 12.2. The number of anilines is 6. The van der Waals surface area contributed by atoms with Gasteiger partial charge < -0.3 is 56.5 Å². The molecule has 0 saturated carbocycles. The third kappa shape index (κ3) is 28.5. The van der Waals surface area contributed by atoms with E-state index >= 15 is 0 Å². The average molecular weight is 1460 g/mol. The number of pyridine rings is 3. The highest BCUT2D eigenvalue weighted by Gasteiger charge is 2.29. The summed E-state index contributed by atoms with van der Waals surface area (Å²) in [4.78, 5) is 78.1. The SMILES string of the molecule is C.C.C.CN(C)c1ncc(CN(C)C2CCCc3cccnc32)c(NCCN)n1.CN(C)c1ncc(CN(C)C2CCCc3cccnc32)c(NCCNC(=O)OC(C)(C)C)n1.CN(C)c1ncc(CN(C)C2CCCc3cccnc32)c(NCCNC(=O)OC(C)(C)C)n1.Cl.Cl.Cl.Cl. The second-order valence-corrected chi connectivity index (χ2v) is 26.4. The molecule has 556 valence electrons. The number of ether oxygens (including phenoxy) is 2. The monoisotopic (exact) mass is 1460 g/mol. The first-order valence-corrected chi connectivity index (χ1v) is 32.2. The maximum absolute atomic E-state index is 11.9. The summed E-state index contributed by atoms with van der Waals surface area (Å²) in [5.41, 5.74) is 15.3. The molecule has 29 heteroatoms. The number of halogens is 4. The van der Waals surface area contributed by atoms with Crippen LogP contribution in [0, 0.1) is 0 Å². The quantitative estimate of drug-likeness (QED) is 0.0325. The first-order valence-electron chi connectivity index (χ1n) is 32.2. The topological polar surface area (TPSA) is 274 Å². The molecule has 0 fully saturated rings. The number of amides is 2. The molecule has 2 amide bonds. The van der Waals surface area contributed by atoms with Crippen molar-refractivity contribution in [3.05, 3.63) is 124 Å². The maximum atomic E-state index is 11.9. The molecule has 0 spiro atoms. The van der Waals surface area contributed by atoms with Crippen LogP contribution in [0.1, 0.15) is 171 Å². The van der Waals surface area contributed by atoms with Crippen LogP contribution in [0.5, 0.6) is 0 Å². The zero-order valence-corrected chi connectivity index (χ0v) is 62.2. The third-order valence-electron chi connectivity index (χ3n) is 15.7. The van der Waals surface area contributed by atoms with Crippen molar-refractivity contribution in [2.24, 2.45) is 5.73 Å². The molecular formula is C70H119Cl4N21O4. The summed E-state index contributed by atoms with van der Waals surface area (Å²) in [5, 5.41) is 15.6. The van der Waals surface area contributed by atoms with Crippen molar-refractivity contribution in [1.82, 2.24) is 70.2 Å². The molecule has 25 nitrogen and oxygen atoms in total. The molecule has 99 heavy (non-hydrogen) atoms. The molecule has 3 atom stereocenters. The number of fused-ring (bicyclic) bond motifs is 3. The summed E-state index contributed by atoms with van der Waals surface area (Å²) in [6, 6.07) is 13.5. The van der Waals surface area contributed by atoms with Crippen molar-refractivity contribution in [2.45, 2.75) is 171 Å². The smallest absolute Gasteiger partial charge is 0.407 e. The van der Waals surface area contributed by atoms with E-state index in [1.165, 1.54) is 40.2 Å². The second kappa shape index (κ2) is 44.3. The Bertz CT molecular complexity index is 3170. The molecule has 6 aromatic rings. The van der Waals surface area contributed by atoms with Gasteiger partial charge in [-0.25, -0.2) is 24.5 Å². The number of nitrogens with zero attached hydrogens (tertiary/aromatic N) is 15. The number of nitrogens with two attached hydrogens (primary N) is 1. The van der Waals surface area contributed by atoms with E-state index in [0.717, 1.165) is 92.1 Å². The number of aryl methyl sites for hydroxylation is 3. The molecule has 3 aliphatic carbocycles. The number of hydrogen-bond acceptors (Lipinski definition) is 23. The first kappa shape index (κ1) is 92.0. The van der Waals surface area contributed by atoms with E-state index in [1.54, 1.807) is 0 Å². The maximum Gasteiger partial charge on any atom is 0.407 e. The van der Waals surface area contributed by atoms with E-state index in [1.807, 2.05) is 154 Å². The highest BCUT2D eigenvalue weighted by molar-refractivity contribution is 5.86. The lowest BCUT2D eigenvalue weighted by Gasteiger charge is -2.32. The van der Waals surface area contributed by atoms with Gasteiger partial charge in [-0.15, -0.1) is 49.6 Å². The summed E-state index contributed by atoms with van der Waals surface area (Å²) < 4.78 is 10.6. The normalized spacial score (nSPS) is 14.8. The minimum absolute atomic E-state index is 0. The van der Waals surface area contributed by atoms with Gasteiger partial charge in [0, 0.05) is 155 Å². The Morgan fingerprint density at radius 1 is 0.455 bits per heavy atom. The van der Waals surface area contributed by atoms with Crippen LogP contribution < -0.4 is 47.0 Å². The Balaban J connectivity index is 0.00000142. The van der Waals surface area contributed by atoms with Gasteiger partial charge in [0.05, 0.1) is 35.2 Å². The molecule has 7 N–H and O–H groups in total. The van der Waals surface area contributed by atoms with Gasteiger partial charge >= 0.3 is 12.2 Å². The van der Waals surface area contributed by atoms with Crippen LogP contribution >= 0.6 is 49.6 Å². The molecule has 6 heterocycles. The zero-order chi connectivity index (χ0) is 66.5. The van der Waals surface area contributed by atoms with Gasteiger partial charge in [-0.05, 0) is 155 Å². The fraction of sp³-hybridized carbons (Fsp3) is 0.586. The van der Waals surface area contributed by atoms with Crippen molar-refractivity contribution in [3.63, 3.8) is 0 Å². The largest absolute Gasteiger partial charge is 0.444 e. The number of carbonyl (C=O) groups is 2. The highest BCUT2D eigenvalue weighted by Crippen LogP contribution is 2.36. The standard InChI is InChI=1S/2C24H37N7O2.C19H29N7.3CH4.4ClH/c2*1-24(2,3)33-23(32)27-14-13-26-21-18(15-28-22(29-21)30(4)5)16-31(6)19-11-7-9-17-10-8-12-25-20(17)19;1-25(2)19-23-12-15(18(24-19)22-11-9-20)13-26(3)16-8-4-6-14-7-5-10-21-17(14)16;;;;;;;/h2*8,10,12,15,19H,7,9,11,13-14,16H2,1-6H3,(H,27,32)(H,26,28,29);5,7,10,12,16H,4,6,8-9,11,13,20H2,1-3H3,(H,22,23,24);3*1H4;4*1H. The molecule has 0 radical (unpaired) electrons. The van der Waals surface area contributed by atoms with E-state index in [9.17, 15) is 9.59 Å². The second-order valence-electron chi connectivity index (χ2n) is 26.4. The highest BCUT2D eigenvalue weighted by atomic mass is 35.5. The summed E-state index contributed by atoms with van der Waals surface area (Å²) >= 11 is 0. The van der Waals surface area contributed by atoms with E-state index in [-0.39, 0.29) is 84.0 Å². The van der Waals surface area contributed by atoms with E-state index in [0.29, 0.717) is 76.2 Å². The van der Waals surface area contributed by atoms with Crippen LogP contribution in [-0.4, -0.2) is 186 Å². The van der Waals surface area contributed by atoms with Crippen molar-refractivity contribution in [1.29, 1.82) is 0 Å². The fourth-order valence-corrected chi connectivity index (χ4v) is 11.3. The summed E-state index contributed by atoms with van der Waals surface area (Å²) in [5.74, 6) is 4.35. The number of aromatic nitrogens is 9. The van der Waals surface area contributed by atoms with Crippen LogP contribution in [0.4, 0.5) is 44.9 Å². The number of hydrogen-bond donors (Lipinski definition) is 6. The summed E-state index contributed by atoms with van der Waals surface area (Å²) in [6.07, 6.45) is 20.6. The van der Waals surface area contributed by atoms with Crippen LogP contribution in [0.15, 0.2) is 73.6 Å². The third-order valence-corrected chi connectivity index (χ3v) is 15.7. The Hall–Kier alpha value is -6.97. The van der Waals surface area contributed by atoms with Crippen molar-refractivity contribution >= 4 is 97.1 Å². The minimum atomic E-state index is -0.519. The number of carbonyl (C=O) groups excluding carboxylic acids is 2.